The van der Waals surface area contributed by atoms with E-state index in [0.29, 0.717) is 17.6 Å². The normalized spacial score (nSPS) is 18.1. The summed E-state index contributed by atoms with van der Waals surface area (Å²) >= 11 is 1.78. The van der Waals surface area contributed by atoms with Crippen LogP contribution in [0.2, 0.25) is 0 Å². The number of aryl methyl sites for hydroxylation is 1. The molecule has 3 heterocycles. The number of nitrogens with zero attached hydrogens (tertiary/aromatic N) is 3. The Balaban J connectivity index is 1.58. The van der Waals surface area contributed by atoms with E-state index >= 15 is 0 Å². The second-order valence-electron chi connectivity index (χ2n) is 7.44. The molecule has 5 nitrogen and oxygen atoms in total. The Kier molecular flexibility index (Phi) is 6.50. The van der Waals surface area contributed by atoms with Crippen molar-refractivity contribution in [3.05, 3.63) is 45.8 Å². The highest BCUT2D eigenvalue weighted by atomic mass is 32.1. The molecule has 1 atom stereocenters. The number of pyridine rings is 1. The second-order valence-corrected chi connectivity index (χ2v) is 8.82. The fourth-order valence-electron chi connectivity index (χ4n) is 3.66. The Morgan fingerprint density at radius 3 is 2.70 bits per heavy atom. The quantitative estimate of drug-likeness (QED) is 0.815. The summed E-state index contributed by atoms with van der Waals surface area (Å²) in [6.07, 6.45) is 2.76. The predicted octanol–water partition coefficient (Wildman–Crippen LogP) is 4.01. The van der Waals surface area contributed by atoms with Gasteiger partial charge in [0.1, 0.15) is 5.82 Å². The molecule has 0 saturated carbocycles. The molecule has 1 aliphatic heterocycles. The Morgan fingerprint density at radius 1 is 1.30 bits per heavy atom. The van der Waals surface area contributed by atoms with Crippen LogP contribution in [0.15, 0.2) is 30.5 Å². The molecule has 2 aromatic rings. The third-order valence-electron chi connectivity index (χ3n) is 5.20. The molecule has 0 bridgehead atoms. The highest BCUT2D eigenvalue weighted by Crippen LogP contribution is 2.19. The molecule has 1 N–H and O–H groups in total. The zero-order valence-corrected chi connectivity index (χ0v) is 17.6. The van der Waals surface area contributed by atoms with Crippen molar-refractivity contribution >= 4 is 23.1 Å². The third-order valence-corrected chi connectivity index (χ3v) is 6.20. The van der Waals surface area contributed by atoms with Gasteiger partial charge in [0.15, 0.2) is 0 Å². The highest BCUT2D eigenvalue weighted by Gasteiger charge is 2.30. The number of hydrogen-bond acceptors (Lipinski definition) is 5. The van der Waals surface area contributed by atoms with Gasteiger partial charge in [0.05, 0.1) is 12.1 Å². The van der Waals surface area contributed by atoms with Gasteiger partial charge < -0.3 is 10.2 Å². The first-order chi connectivity index (χ1) is 13.0. The van der Waals surface area contributed by atoms with E-state index in [2.05, 4.69) is 55.0 Å². The van der Waals surface area contributed by atoms with E-state index in [-0.39, 0.29) is 5.91 Å². The maximum Gasteiger partial charge on any atom is 0.255 e. The lowest BCUT2D eigenvalue weighted by Gasteiger charge is -2.43. The standard InChI is InChI=1S/C21H30N4OS/c1-5-18-14-24(10-11-25(18)15(2)3)21(26)17-7-9-20(22-12-17)23-13-19-8-6-16(4)27-19/h6-9,12,15,18H,5,10-11,13-14H2,1-4H3,(H,22,23)/t18-/m1/s1. The predicted molar refractivity (Wildman–Crippen MR) is 112 cm³/mol. The maximum atomic E-state index is 12.9. The number of aromatic nitrogens is 1. The summed E-state index contributed by atoms with van der Waals surface area (Å²) < 4.78 is 0. The molecule has 0 radical (unpaired) electrons. The van der Waals surface area contributed by atoms with Gasteiger partial charge in [-0.25, -0.2) is 4.98 Å². The molecule has 2 aromatic heterocycles. The van der Waals surface area contributed by atoms with E-state index < -0.39 is 0 Å². The topological polar surface area (TPSA) is 48.5 Å². The average molecular weight is 387 g/mol. The fourth-order valence-corrected chi connectivity index (χ4v) is 4.49. The van der Waals surface area contributed by atoms with Gasteiger partial charge >= 0.3 is 0 Å². The van der Waals surface area contributed by atoms with Crippen molar-refractivity contribution in [2.75, 3.05) is 25.0 Å². The van der Waals surface area contributed by atoms with Crippen LogP contribution in [-0.4, -0.2) is 52.4 Å². The minimum Gasteiger partial charge on any atom is -0.365 e. The molecule has 27 heavy (non-hydrogen) atoms. The van der Waals surface area contributed by atoms with Gasteiger partial charge in [-0.1, -0.05) is 6.92 Å². The van der Waals surface area contributed by atoms with Crippen LogP contribution in [0.3, 0.4) is 0 Å². The van der Waals surface area contributed by atoms with E-state index in [0.717, 1.165) is 38.4 Å². The minimum atomic E-state index is 0.0878. The number of anilines is 1. The Labute approximate surface area is 166 Å². The van der Waals surface area contributed by atoms with Crippen LogP contribution in [-0.2, 0) is 6.54 Å². The van der Waals surface area contributed by atoms with Gasteiger partial charge in [-0.3, -0.25) is 9.69 Å². The molecule has 0 aromatic carbocycles. The molecule has 0 unspecified atom stereocenters. The first-order valence-corrected chi connectivity index (χ1v) is 10.6. The summed E-state index contributed by atoms with van der Waals surface area (Å²) in [7, 11) is 0. The summed E-state index contributed by atoms with van der Waals surface area (Å²) in [5.74, 6) is 0.887. The molecule has 1 fully saturated rings. The maximum absolute atomic E-state index is 12.9. The van der Waals surface area contributed by atoms with E-state index in [1.165, 1.54) is 9.75 Å². The summed E-state index contributed by atoms with van der Waals surface area (Å²) in [4.78, 5) is 24.4. The van der Waals surface area contributed by atoms with E-state index in [9.17, 15) is 4.79 Å². The third kappa shape index (κ3) is 4.87. The lowest BCUT2D eigenvalue weighted by molar-refractivity contribution is 0.0371. The summed E-state index contributed by atoms with van der Waals surface area (Å²) in [6, 6.07) is 8.99. The van der Waals surface area contributed by atoms with Gasteiger partial charge in [0.2, 0.25) is 0 Å². The number of thiophene rings is 1. The number of hydrogen-bond donors (Lipinski definition) is 1. The largest absolute Gasteiger partial charge is 0.365 e. The summed E-state index contributed by atoms with van der Waals surface area (Å²) in [6.45, 7) is 12.0. The van der Waals surface area contributed by atoms with Crippen molar-refractivity contribution in [1.82, 2.24) is 14.8 Å². The first kappa shape index (κ1) is 19.8. The highest BCUT2D eigenvalue weighted by molar-refractivity contribution is 7.11. The van der Waals surface area contributed by atoms with E-state index in [4.69, 9.17) is 0 Å². The van der Waals surface area contributed by atoms with Crippen LogP contribution in [0.4, 0.5) is 5.82 Å². The van der Waals surface area contributed by atoms with Crippen LogP contribution in [0, 0.1) is 6.92 Å². The lowest BCUT2D eigenvalue weighted by Crippen LogP contribution is -2.56. The number of amides is 1. The average Bonchev–Trinajstić information content (AvgIpc) is 3.10. The molecule has 3 rings (SSSR count). The zero-order chi connectivity index (χ0) is 19.4. The van der Waals surface area contributed by atoms with E-state index in [1.807, 2.05) is 17.0 Å². The first-order valence-electron chi connectivity index (χ1n) is 9.78. The molecule has 1 saturated heterocycles. The summed E-state index contributed by atoms with van der Waals surface area (Å²) in [5, 5.41) is 3.32. The minimum absolute atomic E-state index is 0.0878. The molecule has 6 heteroatoms. The Bertz CT molecular complexity index is 756. The molecule has 0 spiro atoms. The lowest BCUT2D eigenvalue weighted by atomic mass is 10.1. The van der Waals surface area contributed by atoms with Crippen molar-refractivity contribution in [3.8, 4) is 0 Å². The monoisotopic (exact) mass is 386 g/mol. The molecular weight excluding hydrogens is 356 g/mol. The van der Waals surface area contributed by atoms with Crippen molar-refractivity contribution < 1.29 is 4.79 Å². The van der Waals surface area contributed by atoms with Crippen molar-refractivity contribution in [2.24, 2.45) is 0 Å². The number of carbonyl (C=O) groups excluding carboxylic acids is 1. The van der Waals surface area contributed by atoms with Gasteiger partial charge in [0.25, 0.3) is 5.91 Å². The SMILES string of the molecule is CC[C@@H]1CN(C(=O)c2ccc(NCc3ccc(C)s3)nc2)CCN1C(C)C. The molecular formula is C21H30N4OS. The van der Waals surface area contributed by atoms with Gasteiger partial charge in [-0.05, 0) is 51.5 Å². The van der Waals surface area contributed by atoms with Crippen molar-refractivity contribution in [1.29, 1.82) is 0 Å². The number of nitrogens with one attached hydrogen (secondary N) is 1. The molecule has 1 amide bonds. The van der Waals surface area contributed by atoms with Crippen LogP contribution < -0.4 is 5.32 Å². The number of rotatable bonds is 6. The van der Waals surface area contributed by atoms with Crippen LogP contribution in [0.1, 0.15) is 47.3 Å². The smallest absolute Gasteiger partial charge is 0.255 e. The molecule has 0 aliphatic carbocycles. The summed E-state index contributed by atoms with van der Waals surface area (Å²) in [5.41, 5.74) is 0.667. The molecule has 1 aliphatic rings. The number of carbonyl (C=O) groups is 1. The van der Waals surface area contributed by atoms with Crippen molar-refractivity contribution in [2.45, 2.75) is 52.7 Å². The van der Waals surface area contributed by atoms with Crippen LogP contribution in [0.5, 0.6) is 0 Å². The van der Waals surface area contributed by atoms with Gasteiger partial charge in [-0.2, -0.15) is 0 Å². The fraction of sp³-hybridized carbons (Fsp3) is 0.524. The van der Waals surface area contributed by atoms with Gasteiger partial charge in [0, 0.05) is 47.7 Å². The van der Waals surface area contributed by atoms with Crippen molar-refractivity contribution in [3.63, 3.8) is 0 Å². The van der Waals surface area contributed by atoms with E-state index in [1.54, 1.807) is 17.5 Å². The van der Waals surface area contributed by atoms with Gasteiger partial charge in [-0.15, -0.1) is 11.3 Å². The molecule has 146 valence electrons. The second kappa shape index (κ2) is 8.85. The van der Waals surface area contributed by atoms with Crippen LogP contribution >= 0.6 is 11.3 Å². The number of piperazine rings is 1. The van der Waals surface area contributed by atoms with Crippen LogP contribution in [0.25, 0.3) is 0 Å². The Morgan fingerprint density at radius 2 is 2.11 bits per heavy atom. The zero-order valence-electron chi connectivity index (χ0n) is 16.7. The Hall–Kier alpha value is -1.92.